The third-order valence-corrected chi connectivity index (χ3v) is 10.3. The molecule has 2 atom stereocenters. The minimum absolute atomic E-state index is 0.0235. The zero-order chi connectivity index (χ0) is 25.8. The van der Waals surface area contributed by atoms with E-state index in [9.17, 15) is 8.78 Å². The summed E-state index contributed by atoms with van der Waals surface area (Å²) in [6.45, 7) is 7.31. The minimum Gasteiger partial charge on any atom is -0.491 e. The average molecular weight is 533 g/mol. The first kappa shape index (κ1) is 29.6. The van der Waals surface area contributed by atoms with Crippen LogP contribution in [0.15, 0.2) is 18.2 Å². The SMILES string of the molecule is CCC(C)CCC[Si]COC[Si]CCOc1ccc(C2=CCC(C3CCC(C)CC3)CC2)c(F)c1F. The summed E-state index contributed by atoms with van der Waals surface area (Å²) in [6, 6.07) is 5.36. The van der Waals surface area contributed by atoms with Crippen LogP contribution in [0, 0.1) is 35.3 Å². The maximum Gasteiger partial charge on any atom is 0.201 e. The van der Waals surface area contributed by atoms with Gasteiger partial charge >= 0.3 is 0 Å². The van der Waals surface area contributed by atoms with Crippen LogP contribution in [0.4, 0.5) is 8.78 Å². The van der Waals surface area contributed by atoms with Gasteiger partial charge in [0.15, 0.2) is 11.6 Å². The molecule has 0 N–H and O–H groups in total. The van der Waals surface area contributed by atoms with Crippen LogP contribution in [0.5, 0.6) is 5.75 Å². The van der Waals surface area contributed by atoms with Crippen molar-refractivity contribution in [2.24, 2.45) is 23.7 Å². The van der Waals surface area contributed by atoms with Gasteiger partial charge in [-0.1, -0.05) is 65.0 Å². The molecule has 1 saturated carbocycles. The Morgan fingerprint density at radius 1 is 0.972 bits per heavy atom. The lowest BCUT2D eigenvalue weighted by atomic mass is 9.71. The van der Waals surface area contributed by atoms with Gasteiger partial charge in [-0.15, -0.1) is 0 Å². The van der Waals surface area contributed by atoms with Crippen LogP contribution in [-0.4, -0.2) is 38.1 Å². The summed E-state index contributed by atoms with van der Waals surface area (Å²) in [6.07, 6.45) is 15.9. The Morgan fingerprint density at radius 3 is 2.42 bits per heavy atom. The van der Waals surface area contributed by atoms with E-state index in [2.05, 4.69) is 26.8 Å². The molecule has 200 valence electrons. The summed E-state index contributed by atoms with van der Waals surface area (Å²) in [5, 5.41) is 0. The molecular formula is C30H46F2O2Si2. The van der Waals surface area contributed by atoms with Crippen molar-refractivity contribution in [1.29, 1.82) is 0 Å². The van der Waals surface area contributed by atoms with Crippen molar-refractivity contribution in [3.05, 3.63) is 35.4 Å². The first-order valence-corrected chi connectivity index (χ1v) is 17.1. The smallest absolute Gasteiger partial charge is 0.201 e. The zero-order valence-electron chi connectivity index (χ0n) is 22.7. The lowest BCUT2D eigenvalue weighted by molar-refractivity contribution is 0.202. The quantitative estimate of drug-likeness (QED) is 0.167. The Bertz CT molecular complexity index is 808. The average Bonchev–Trinajstić information content (AvgIpc) is 2.90. The van der Waals surface area contributed by atoms with Gasteiger partial charge in [-0.05, 0) is 79.5 Å². The first-order valence-electron chi connectivity index (χ1n) is 14.3. The van der Waals surface area contributed by atoms with Gasteiger partial charge in [0, 0.05) is 18.0 Å². The van der Waals surface area contributed by atoms with Gasteiger partial charge in [0.2, 0.25) is 5.82 Å². The first-order chi connectivity index (χ1) is 17.5. The van der Waals surface area contributed by atoms with Gasteiger partial charge in [0.05, 0.1) is 25.6 Å². The van der Waals surface area contributed by atoms with Crippen molar-refractivity contribution in [2.45, 2.75) is 97.1 Å². The van der Waals surface area contributed by atoms with Crippen LogP contribution in [0.2, 0.25) is 12.1 Å². The number of ether oxygens (including phenoxy) is 2. The minimum atomic E-state index is -0.852. The fourth-order valence-corrected chi connectivity index (χ4v) is 7.21. The van der Waals surface area contributed by atoms with Crippen LogP contribution >= 0.6 is 0 Å². The summed E-state index contributed by atoms with van der Waals surface area (Å²) in [5.74, 6) is 1.62. The predicted octanol–water partition coefficient (Wildman–Crippen LogP) is 8.36. The van der Waals surface area contributed by atoms with Crippen LogP contribution in [0.25, 0.3) is 5.57 Å². The van der Waals surface area contributed by atoms with Crippen molar-refractivity contribution < 1.29 is 18.3 Å². The van der Waals surface area contributed by atoms with Crippen molar-refractivity contribution in [1.82, 2.24) is 0 Å². The second-order valence-corrected chi connectivity index (χ2v) is 13.6. The van der Waals surface area contributed by atoms with Gasteiger partial charge in [0.1, 0.15) is 0 Å². The predicted molar refractivity (Wildman–Crippen MR) is 149 cm³/mol. The molecule has 0 amide bonds. The maximum absolute atomic E-state index is 14.9. The molecule has 1 aromatic rings. The highest BCUT2D eigenvalue weighted by atomic mass is 28.2. The fraction of sp³-hybridized carbons (Fsp3) is 0.733. The maximum atomic E-state index is 14.9. The van der Waals surface area contributed by atoms with Crippen molar-refractivity contribution in [3.63, 3.8) is 0 Å². The van der Waals surface area contributed by atoms with E-state index in [1.54, 1.807) is 12.1 Å². The molecule has 0 aromatic heterocycles. The molecule has 2 aliphatic rings. The number of rotatable bonds is 15. The molecule has 3 rings (SSSR count). The third-order valence-electron chi connectivity index (χ3n) is 8.26. The molecule has 0 bridgehead atoms. The molecule has 2 aliphatic carbocycles. The number of benzene rings is 1. The van der Waals surface area contributed by atoms with E-state index in [-0.39, 0.29) is 5.75 Å². The van der Waals surface area contributed by atoms with Gasteiger partial charge < -0.3 is 9.47 Å². The number of hydrogen-bond acceptors (Lipinski definition) is 2. The van der Waals surface area contributed by atoms with E-state index in [0.717, 1.165) is 70.6 Å². The van der Waals surface area contributed by atoms with E-state index in [4.69, 9.17) is 9.47 Å². The van der Waals surface area contributed by atoms with E-state index in [0.29, 0.717) is 27.6 Å². The lowest BCUT2D eigenvalue weighted by Gasteiger charge is -2.34. The zero-order valence-corrected chi connectivity index (χ0v) is 24.7. The molecular weight excluding hydrogens is 486 g/mol. The van der Waals surface area contributed by atoms with Crippen molar-refractivity contribution in [2.75, 3.05) is 19.1 Å². The van der Waals surface area contributed by atoms with Gasteiger partial charge in [-0.25, -0.2) is 4.39 Å². The highest BCUT2D eigenvalue weighted by Gasteiger charge is 2.28. The molecule has 0 spiro atoms. The Balaban J connectivity index is 1.33. The van der Waals surface area contributed by atoms with Gasteiger partial charge in [-0.2, -0.15) is 4.39 Å². The Morgan fingerprint density at radius 2 is 1.72 bits per heavy atom. The van der Waals surface area contributed by atoms with E-state index >= 15 is 0 Å². The molecule has 6 heteroatoms. The molecule has 36 heavy (non-hydrogen) atoms. The molecule has 0 heterocycles. The van der Waals surface area contributed by atoms with E-state index in [1.807, 2.05) is 0 Å². The van der Waals surface area contributed by atoms with Gasteiger partial charge in [0.25, 0.3) is 0 Å². The summed E-state index contributed by atoms with van der Waals surface area (Å²) < 4.78 is 40.9. The molecule has 2 unspecified atom stereocenters. The number of halogens is 2. The summed E-state index contributed by atoms with van der Waals surface area (Å²) in [4.78, 5) is 0. The van der Waals surface area contributed by atoms with Crippen molar-refractivity contribution in [3.8, 4) is 5.75 Å². The lowest BCUT2D eigenvalue weighted by Crippen LogP contribution is -2.22. The Kier molecular flexibility index (Phi) is 13.2. The second kappa shape index (κ2) is 16.1. The number of hydrogen-bond donors (Lipinski definition) is 0. The van der Waals surface area contributed by atoms with E-state index in [1.165, 1.54) is 51.0 Å². The summed E-state index contributed by atoms with van der Waals surface area (Å²) in [7, 11) is 1.49. The topological polar surface area (TPSA) is 18.5 Å². The Hall–Kier alpha value is -0.986. The fourth-order valence-electron chi connectivity index (χ4n) is 5.53. The number of allylic oxidation sites excluding steroid dienone is 2. The monoisotopic (exact) mass is 532 g/mol. The van der Waals surface area contributed by atoms with Crippen LogP contribution in [0.1, 0.15) is 90.5 Å². The molecule has 4 radical (unpaired) electrons. The van der Waals surface area contributed by atoms with Crippen LogP contribution in [-0.2, 0) is 4.74 Å². The standard InChI is InChI=1S/C30H46F2O2Si2/c1-4-22(2)6-5-18-35-20-33-21-36-19-17-34-28-16-15-27(29(31)30(28)32)26-13-11-25(12-14-26)24-9-7-23(3)8-10-24/h13,15-16,22-25H,4-12,14,17-21H2,1-3H3. The highest BCUT2D eigenvalue weighted by molar-refractivity contribution is 6.36. The molecule has 1 fully saturated rings. The second-order valence-electron chi connectivity index (χ2n) is 11.0. The molecule has 2 nitrogen and oxygen atoms in total. The Labute approximate surface area is 223 Å². The molecule has 0 saturated heterocycles. The van der Waals surface area contributed by atoms with E-state index < -0.39 is 11.6 Å². The molecule has 0 aliphatic heterocycles. The van der Waals surface area contributed by atoms with Crippen molar-refractivity contribution >= 4 is 24.6 Å². The third kappa shape index (κ3) is 9.39. The van der Waals surface area contributed by atoms with Crippen LogP contribution in [0.3, 0.4) is 0 Å². The van der Waals surface area contributed by atoms with Crippen LogP contribution < -0.4 is 4.74 Å². The van der Waals surface area contributed by atoms with Gasteiger partial charge in [-0.3, -0.25) is 0 Å². The largest absolute Gasteiger partial charge is 0.491 e. The summed E-state index contributed by atoms with van der Waals surface area (Å²) in [5.41, 5.74) is 1.37. The highest BCUT2D eigenvalue weighted by Crippen LogP contribution is 2.42. The summed E-state index contributed by atoms with van der Waals surface area (Å²) >= 11 is 0. The molecule has 1 aromatic carbocycles. The normalized spacial score (nSPS) is 23.4.